The van der Waals surface area contributed by atoms with Crippen LogP contribution in [0.3, 0.4) is 0 Å². The number of phenols is 1. The zero-order chi connectivity index (χ0) is 12.0. The Balaban J connectivity index is 2.62. The highest BCUT2D eigenvalue weighted by atomic mass is 35.5. The molecule has 0 aliphatic carbocycles. The predicted molar refractivity (Wildman–Crippen MR) is 63.4 cm³/mol. The molecule has 0 fully saturated rings. The van der Waals surface area contributed by atoms with Gasteiger partial charge < -0.3 is 9.84 Å². The Kier molecular flexibility index (Phi) is 4.86. The third kappa shape index (κ3) is 3.95. The van der Waals surface area contributed by atoms with Gasteiger partial charge in [0.2, 0.25) is 0 Å². The van der Waals surface area contributed by atoms with Crippen molar-refractivity contribution in [2.75, 3.05) is 6.61 Å². The Hall–Kier alpha value is -1.48. The van der Waals surface area contributed by atoms with Crippen LogP contribution in [0, 0.1) is 0 Å². The number of aromatic hydroxyl groups is 1. The van der Waals surface area contributed by atoms with Crippen LogP contribution < -0.4 is 0 Å². The summed E-state index contributed by atoms with van der Waals surface area (Å²) in [6.45, 7) is 2.13. The van der Waals surface area contributed by atoms with Gasteiger partial charge in [-0.1, -0.05) is 23.8 Å². The Morgan fingerprint density at radius 2 is 2.31 bits per heavy atom. The van der Waals surface area contributed by atoms with Crippen molar-refractivity contribution in [3.05, 3.63) is 34.9 Å². The van der Waals surface area contributed by atoms with E-state index in [9.17, 15) is 9.90 Å². The lowest BCUT2D eigenvalue weighted by Crippen LogP contribution is -2.01. The molecule has 0 atom stereocenters. The maximum absolute atomic E-state index is 11.0. The molecule has 0 amide bonds. The number of ether oxygens (including phenoxy) is 1. The number of phenolic OH excluding ortho intramolecular Hbond substituents is 1. The van der Waals surface area contributed by atoms with Gasteiger partial charge in [0.1, 0.15) is 5.75 Å². The third-order valence-corrected chi connectivity index (χ3v) is 2.21. The Labute approximate surface area is 99.3 Å². The molecule has 0 spiro atoms. The number of carbonyl (C=O) groups excluding carboxylic acids is 1. The van der Waals surface area contributed by atoms with Gasteiger partial charge in [-0.05, 0) is 30.7 Å². The quantitative estimate of drug-likeness (QED) is 0.823. The van der Waals surface area contributed by atoms with Crippen LogP contribution in [0.15, 0.2) is 24.3 Å². The fourth-order valence-electron chi connectivity index (χ4n) is 1.16. The van der Waals surface area contributed by atoms with Gasteiger partial charge in [0.25, 0.3) is 0 Å². The maximum atomic E-state index is 11.0. The zero-order valence-electron chi connectivity index (χ0n) is 8.94. The fourth-order valence-corrected chi connectivity index (χ4v) is 1.34. The summed E-state index contributed by atoms with van der Waals surface area (Å²) in [7, 11) is 0. The summed E-state index contributed by atoms with van der Waals surface area (Å²) in [5.74, 6) is -0.143. The number of rotatable bonds is 4. The van der Waals surface area contributed by atoms with E-state index >= 15 is 0 Å². The van der Waals surface area contributed by atoms with Crippen molar-refractivity contribution >= 4 is 23.6 Å². The molecule has 0 heterocycles. The van der Waals surface area contributed by atoms with E-state index in [-0.39, 0.29) is 18.1 Å². The molecule has 0 radical (unpaired) electrons. The van der Waals surface area contributed by atoms with E-state index in [1.54, 1.807) is 25.1 Å². The van der Waals surface area contributed by atoms with Crippen molar-refractivity contribution in [1.29, 1.82) is 0 Å². The van der Waals surface area contributed by atoms with Crippen molar-refractivity contribution in [2.45, 2.75) is 13.3 Å². The van der Waals surface area contributed by atoms with Crippen molar-refractivity contribution in [2.24, 2.45) is 0 Å². The largest absolute Gasteiger partial charge is 0.508 e. The third-order valence-electron chi connectivity index (χ3n) is 1.87. The van der Waals surface area contributed by atoms with Gasteiger partial charge in [-0.25, -0.2) is 0 Å². The van der Waals surface area contributed by atoms with Crippen molar-refractivity contribution < 1.29 is 14.6 Å². The molecule has 0 bridgehead atoms. The number of esters is 1. The summed E-state index contributed by atoms with van der Waals surface area (Å²) in [4.78, 5) is 11.0. The van der Waals surface area contributed by atoms with E-state index in [1.807, 2.05) is 0 Å². The van der Waals surface area contributed by atoms with Crippen LogP contribution in [0.2, 0.25) is 5.02 Å². The summed E-state index contributed by atoms with van der Waals surface area (Å²) < 4.78 is 4.76. The lowest BCUT2D eigenvalue weighted by Gasteiger charge is -1.99. The number of hydrogen-bond donors (Lipinski definition) is 1. The lowest BCUT2D eigenvalue weighted by atomic mass is 10.2. The first-order valence-electron chi connectivity index (χ1n) is 4.94. The zero-order valence-corrected chi connectivity index (χ0v) is 9.70. The van der Waals surface area contributed by atoms with Gasteiger partial charge in [0.05, 0.1) is 13.0 Å². The monoisotopic (exact) mass is 240 g/mol. The molecular weight excluding hydrogens is 228 g/mol. The minimum absolute atomic E-state index is 0.139. The molecule has 4 heteroatoms. The normalized spacial score (nSPS) is 10.6. The number of benzene rings is 1. The van der Waals surface area contributed by atoms with Crippen LogP contribution in [0.1, 0.15) is 18.9 Å². The number of carbonyl (C=O) groups is 1. The molecule has 1 rings (SSSR count). The summed E-state index contributed by atoms with van der Waals surface area (Å²) in [5, 5.41) is 9.77. The highest BCUT2D eigenvalue weighted by Gasteiger charge is 1.99. The van der Waals surface area contributed by atoms with Gasteiger partial charge in [-0.3, -0.25) is 4.79 Å². The summed E-state index contributed by atoms with van der Waals surface area (Å²) >= 11 is 5.89. The van der Waals surface area contributed by atoms with Gasteiger partial charge >= 0.3 is 5.97 Å². The van der Waals surface area contributed by atoms with E-state index in [4.69, 9.17) is 16.3 Å². The van der Waals surface area contributed by atoms with E-state index in [0.717, 1.165) is 0 Å². The average Bonchev–Trinajstić information content (AvgIpc) is 2.23. The van der Waals surface area contributed by atoms with E-state index in [1.165, 1.54) is 12.1 Å². The van der Waals surface area contributed by atoms with Crippen LogP contribution in [0.25, 0.3) is 6.08 Å². The predicted octanol–water partition coefficient (Wildman–Crippen LogP) is 3.01. The molecule has 16 heavy (non-hydrogen) atoms. The molecule has 0 aliphatic heterocycles. The standard InChI is InChI=1S/C12H13ClO3/c1-2-16-12(15)5-3-4-9-8-10(14)6-7-11(9)13/h3-4,6-8,14H,2,5H2,1H3. The second-order valence-electron chi connectivity index (χ2n) is 3.12. The van der Waals surface area contributed by atoms with E-state index in [2.05, 4.69) is 0 Å². The second kappa shape index (κ2) is 6.18. The molecule has 86 valence electrons. The summed E-state index contributed by atoms with van der Waals surface area (Å²) in [6.07, 6.45) is 3.53. The Bertz CT molecular complexity index is 399. The van der Waals surface area contributed by atoms with Gasteiger partial charge in [-0.2, -0.15) is 0 Å². The van der Waals surface area contributed by atoms with Crippen LogP contribution in [-0.4, -0.2) is 17.7 Å². The van der Waals surface area contributed by atoms with Crippen molar-refractivity contribution in [3.63, 3.8) is 0 Å². The van der Waals surface area contributed by atoms with Crippen LogP contribution in [-0.2, 0) is 9.53 Å². The SMILES string of the molecule is CCOC(=O)CC=Cc1cc(O)ccc1Cl. The Morgan fingerprint density at radius 1 is 1.56 bits per heavy atom. The number of hydrogen-bond acceptors (Lipinski definition) is 3. The smallest absolute Gasteiger partial charge is 0.309 e. The van der Waals surface area contributed by atoms with E-state index in [0.29, 0.717) is 17.2 Å². The van der Waals surface area contributed by atoms with Crippen LogP contribution in [0.5, 0.6) is 5.75 Å². The second-order valence-corrected chi connectivity index (χ2v) is 3.52. The molecule has 1 N–H and O–H groups in total. The highest BCUT2D eigenvalue weighted by molar-refractivity contribution is 6.32. The topological polar surface area (TPSA) is 46.5 Å². The average molecular weight is 241 g/mol. The molecular formula is C12H13ClO3. The highest BCUT2D eigenvalue weighted by Crippen LogP contribution is 2.22. The number of halogens is 1. The lowest BCUT2D eigenvalue weighted by molar-refractivity contribution is -0.142. The minimum atomic E-state index is -0.282. The molecule has 0 aromatic heterocycles. The first-order valence-corrected chi connectivity index (χ1v) is 5.32. The maximum Gasteiger partial charge on any atom is 0.309 e. The van der Waals surface area contributed by atoms with Crippen LogP contribution >= 0.6 is 11.6 Å². The summed E-state index contributed by atoms with van der Waals surface area (Å²) in [5.41, 5.74) is 0.672. The molecule has 1 aromatic carbocycles. The van der Waals surface area contributed by atoms with E-state index < -0.39 is 0 Å². The van der Waals surface area contributed by atoms with Gasteiger partial charge in [-0.15, -0.1) is 0 Å². The van der Waals surface area contributed by atoms with Crippen LogP contribution in [0.4, 0.5) is 0 Å². The van der Waals surface area contributed by atoms with Gasteiger partial charge in [0, 0.05) is 5.02 Å². The molecule has 0 unspecified atom stereocenters. The molecule has 0 saturated carbocycles. The fraction of sp³-hybridized carbons (Fsp3) is 0.250. The molecule has 3 nitrogen and oxygen atoms in total. The van der Waals surface area contributed by atoms with Crippen molar-refractivity contribution in [3.8, 4) is 5.75 Å². The molecule has 0 saturated heterocycles. The summed E-state index contributed by atoms with van der Waals surface area (Å²) in [6, 6.07) is 4.63. The Morgan fingerprint density at radius 3 is 3.00 bits per heavy atom. The first-order chi connectivity index (χ1) is 7.63. The minimum Gasteiger partial charge on any atom is -0.508 e. The van der Waals surface area contributed by atoms with Gasteiger partial charge in [0.15, 0.2) is 0 Å². The van der Waals surface area contributed by atoms with Crippen molar-refractivity contribution in [1.82, 2.24) is 0 Å². The first kappa shape index (κ1) is 12.6. The molecule has 0 aliphatic rings. The molecule has 1 aromatic rings.